The molecule has 0 unspecified atom stereocenters. The van der Waals surface area contributed by atoms with Crippen LogP contribution in [0.25, 0.3) is 0 Å². The maximum Gasteiger partial charge on any atom is 0.337 e. The highest BCUT2D eigenvalue weighted by atomic mass is 16.8. The van der Waals surface area contributed by atoms with Crippen LogP contribution in [0, 0.1) is 22.3 Å². The van der Waals surface area contributed by atoms with Crippen molar-refractivity contribution >= 4 is 29.2 Å². The van der Waals surface area contributed by atoms with E-state index in [1.165, 1.54) is 37.5 Å². The Morgan fingerprint density at radius 3 is 2.39 bits per heavy atom. The first-order valence-electron chi connectivity index (χ1n) is 11.9. The number of esters is 1. The second-order valence-electron chi connectivity index (χ2n) is 8.97. The monoisotopic (exact) mass is 518 g/mol. The predicted molar refractivity (Wildman–Crippen MR) is 136 cm³/mol. The third-order valence-corrected chi connectivity index (χ3v) is 7.04. The first kappa shape index (κ1) is 24.9. The van der Waals surface area contributed by atoms with E-state index in [0.717, 1.165) is 4.90 Å². The number of ether oxygens (including phenoxy) is 2. The molecule has 0 bridgehead atoms. The van der Waals surface area contributed by atoms with Crippen molar-refractivity contribution in [1.29, 1.82) is 0 Å². The highest BCUT2D eigenvalue weighted by Gasteiger charge is 2.63. The van der Waals surface area contributed by atoms with Gasteiger partial charge in [-0.25, -0.2) is 9.69 Å². The molecule has 11 nitrogen and oxygen atoms in total. The molecule has 2 amide bonds. The quantitative estimate of drug-likeness (QED) is 0.204. The largest absolute Gasteiger partial charge is 0.612 e. The first-order chi connectivity index (χ1) is 18.3. The summed E-state index contributed by atoms with van der Waals surface area (Å²) in [6, 6.07) is 4.93. The van der Waals surface area contributed by atoms with Crippen molar-refractivity contribution in [3.8, 4) is 5.75 Å². The van der Waals surface area contributed by atoms with Gasteiger partial charge in [0.05, 0.1) is 48.9 Å². The van der Waals surface area contributed by atoms with E-state index in [1.54, 1.807) is 48.4 Å². The van der Waals surface area contributed by atoms with Crippen molar-refractivity contribution < 1.29 is 33.9 Å². The fraction of sp³-hybridized carbons (Fsp3) is 0.259. The Bertz CT molecular complexity index is 1380. The van der Waals surface area contributed by atoms with E-state index in [1.807, 2.05) is 0 Å². The summed E-state index contributed by atoms with van der Waals surface area (Å²) in [6.07, 6.45) is 9.95. The van der Waals surface area contributed by atoms with Gasteiger partial charge in [-0.05, 0) is 43.4 Å². The van der Waals surface area contributed by atoms with E-state index < -0.39 is 46.6 Å². The molecule has 1 N–H and O–H groups in total. The minimum absolute atomic E-state index is 0.155. The zero-order valence-corrected chi connectivity index (χ0v) is 20.5. The average Bonchev–Trinajstić information content (AvgIpc) is 3.39. The van der Waals surface area contributed by atoms with Crippen LogP contribution >= 0.6 is 0 Å². The Hall–Kier alpha value is -4.80. The highest BCUT2D eigenvalue weighted by Crippen LogP contribution is 2.49. The molecule has 38 heavy (non-hydrogen) atoms. The van der Waals surface area contributed by atoms with Crippen molar-refractivity contribution in [2.24, 2.45) is 11.8 Å². The number of hydrogen-bond acceptors (Lipinski definition) is 9. The molecule has 4 aliphatic rings. The van der Waals surface area contributed by atoms with Crippen LogP contribution in [0.2, 0.25) is 0 Å². The number of methoxy groups -OCH3 is 1. The van der Waals surface area contributed by atoms with Crippen LogP contribution in [0.4, 0.5) is 5.69 Å². The van der Waals surface area contributed by atoms with Gasteiger partial charge in [0, 0.05) is 23.9 Å². The topological polar surface area (TPSA) is 146 Å². The summed E-state index contributed by atoms with van der Waals surface area (Å²) in [4.78, 5) is 42.4. The first-order valence-corrected chi connectivity index (χ1v) is 11.9. The van der Waals surface area contributed by atoms with Crippen LogP contribution in [0.1, 0.15) is 6.92 Å². The maximum atomic E-state index is 13.9. The van der Waals surface area contributed by atoms with Crippen molar-refractivity contribution in [2.45, 2.75) is 19.0 Å². The highest BCUT2D eigenvalue weighted by molar-refractivity contribution is 6.23. The number of para-hydroxylation sites is 2. The number of amides is 2. The van der Waals surface area contributed by atoms with E-state index in [-0.39, 0.29) is 34.9 Å². The van der Waals surface area contributed by atoms with Crippen LogP contribution in [-0.4, -0.2) is 64.2 Å². The zero-order valence-electron chi connectivity index (χ0n) is 20.5. The van der Waals surface area contributed by atoms with Gasteiger partial charge in [-0.2, -0.15) is 4.90 Å². The number of allylic oxidation sites excluding steroid dienone is 5. The van der Waals surface area contributed by atoms with Crippen LogP contribution in [0.15, 0.2) is 83.8 Å². The fourth-order valence-corrected chi connectivity index (χ4v) is 5.39. The predicted octanol–water partition coefficient (Wildman–Crippen LogP) is 2.26. The van der Waals surface area contributed by atoms with Crippen LogP contribution in [0.3, 0.4) is 0 Å². The Labute approximate surface area is 217 Å². The Kier molecular flexibility index (Phi) is 6.27. The summed E-state index contributed by atoms with van der Waals surface area (Å²) in [5, 5.41) is 33.6. The molecule has 4 atom stereocenters. The molecule has 1 aliphatic carbocycles. The summed E-state index contributed by atoms with van der Waals surface area (Å²) in [6.45, 7) is 1.85. The summed E-state index contributed by atoms with van der Waals surface area (Å²) in [5.74, 6) is -3.41. The molecule has 5 rings (SSSR count). The number of carbonyl (C=O) groups is 3. The van der Waals surface area contributed by atoms with Gasteiger partial charge in [0.15, 0.2) is 0 Å². The third kappa shape index (κ3) is 3.83. The standard InChI is InChI=1S/C27H24N3O8/c1-3-38-27(34)16-12-13-28-19(14-16)21-22(23(28)24(31)15-8-10-17(11-9-15)30(35)36)26(33)29(25(21)32)18-6-4-5-7-20(18)37-2/h4-14,19,21-23H,3H2,1-2H3,(H-,31,35,36)/q-1/t19-,21-,22+,23+/m1/s1. The SMILES string of the molecule is CCOC(=O)C1=C[C@@H]2[C@H]3C(=O)N(c4ccccc4OC)C(=O)[C@@H]3[C@@H](C(O)=C3C=CC(=[N+]([O-])[O-])C=C3)N2C=C1. The summed E-state index contributed by atoms with van der Waals surface area (Å²) < 4.78 is 10.5. The second kappa shape index (κ2) is 9.58. The van der Waals surface area contributed by atoms with Gasteiger partial charge >= 0.3 is 5.97 Å². The number of rotatable bonds is 5. The lowest BCUT2D eigenvalue weighted by atomic mass is 9.87. The average molecular weight is 519 g/mol. The van der Waals surface area contributed by atoms with Gasteiger partial charge in [0.25, 0.3) is 0 Å². The van der Waals surface area contributed by atoms with Crippen LogP contribution < -0.4 is 9.64 Å². The molecule has 11 heteroatoms. The smallest absolute Gasteiger partial charge is 0.337 e. The van der Waals surface area contributed by atoms with Gasteiger partial charge in [-0.3, -0.25) is 9.59 Å². The summed E-state index contributed by atoms with van der Waals surface area (Å²) in [5.41, 5.74) is 0.626. The molecule has 0 aromatic heterocycles. The Morgan fingerprint density at radius 1 is 1.05 bits per heavy atom. The molecule has 0 radical (unpaired) electrons. The number of imide groups is 1. The van der Waals surface area contributed by atoms with Gasteiger partial charge in [-0.15, -0.1) is 0 Å². The number of anilines is 1. The van der Waals surface area contributed by atoms with E-state index >= 15 is 0 Å². The van der Waals surface area contributed by atoms with Crippen LogP contribution in [-0.2, 0) is 19.1 Å². The third-order valence-electron chi connectivity index (χ3n) is 7.04. The summed E-state index contributed by atoms with van der Waals surface area (Å²) >= 11 is 0. The lowest BCUT2D eigenvalue weighted by Gasteiger charge is -2.33. The molecule has 0 saturated carbocycles. The molecule has 1 aromatic carbocycles. The Balaban J connectivity index is 1.61. The van der Waals surface area contributed by atoms with Gasteiger partial charge in [-0.1, -0.05) is 12.1 Å². The van der Waals surface area contributed by atoms with E-state index in [9.17, 15) is 29.9 Å². The molecule has 196 valence electrons. The number of aliphatic hydroxyl groups excluding tert-OH is 1. The lowest BCUT2D eigenvalue weighted by Crippen LogP contribution is -2.44. The number of nitrogens with zero attached hydrogens (tertiary/aromatic N) is 3. The molecule has 0 spiro atoms. The number of aliphatic hydroxyl groups is 1. The molecule has 3 heterocycles. The normalized spacial score (nSPS) is 25.4. The van der Waals surface area contributed by atoms with Crippen molar-refractivity contribution in [3.63, 3.8) is 0 Å². The minimum Gasteiger partial charge on any atom is -0.612 e. The number of carbonyl (C=O) groups excluding carboxylic acids is 3. The minimum atomic E-state index is -1.00. The van der Waals surface area contributed by atoms with Gasteiger partial charge < -0.3 is 29.9 Å². The molecular weight excluding hydrogens is 494 g/mol. The van der Waals surface area contributed by atoms with Crippen molar-refractivity contribution in [3.05, 3.63) is 94.2 Å². The molecular formula is C27H24N3O8-. The van der Waals surface area contributed by atoms with Crippen LogP contribution in [0.5, 0.6) is 5.75 Å². The molecule has 2 saturated heterocycles. The molecule has 1 aromatic rings. The maximum absolute atomic E-state index is 13.9. The fourth-order valence-electron chi connectivity index (χ4n) is 5.39. The van der Waals surface area contributed by atoms with E-state index in [4.69, 9.17) is 9.47 Å². The zero-order chi connectivity index (χ0) is 27.1. The van der Waals surface area contributed by atoms with E-state index in [2.05, 4.69) is 0 Å². The van der Waals surface area contributed by atoms with Crippen molar-refractivity contribution in [1.82, 2.24) is 4.90 Å². The van der Waals surface area contributed by atoms with Gasteiger partial charge in [0.2, 0.25) is 17.5 Å². The molecule has 2 fully saturated rings. The molecule has 3 aliphatic heterocycles. The summed E-state index contributed by atoms with van der Waals surface area (Å²) in [7, 11) is 1.43. The Morgan fingerprint density at radius 2 is 1.74 bits per heavy atom. The number of fused-ring (bicyclic) bond motifs is 3. The van der Waals surface area contributed by atoms with Gasteiger partial charge in [0.1, 0.15) is 11.5 Å². The van der Waals surface area contributed by atoms with E-state index in [0.29, 0.717) is 5.75 Å². The number of hydrogen-bond donors (Lipinski definition) is 1. The van der Waals surface area contributed by atoms with Crippen molar-refractivity contribution in [2.75, 3.05) is 18.6 Å². The second-order valence-corrected chi connectivity index (χ2v) is 8.97. The lowest BCUT2D eigenvalue weighted by molar-refractivity contribution is -0.377. The number of benzene rings is 1.